The molecule has 0 aliphatic carbocycles. The van der Waals surface area contributed by atoms with E-state index in [1.54, 1.807) is 0 Å². The Bertz CT molecular complexity index is 188. The van der Waals surface area contributed by atoms with Gasteiger partial charge in [-0.1, -0.05) is 12.1 Å². The first-order chi connectivity index (χ1) is 7.13. The Kier molecular flexibility index (Phi) is 8.61. The second kappa shape index (κ2) is 8.85. The molecule has 0 amide bonds. The van der Waals surface area contributed by atoms with E-state index in [-0.39, 0.29) is 0 Å². The highest BCUT2D eigenvalue weighted by molar-refractivity contribution is 7.98. The Balaban J connectivity index is 3.87. The number of nitrogens with two attached hydrogens (primary N) is 1. The summed E-state index contributed by atoms with van der Waals surface area (Å²) in [4.78, 5) is 0. The van der Waals surface area contributed by atoms with Gasteiger partial charge in [0.2, 0.25) is 0 Å². The monoisotopic (exact) mass is 233 g/mol. The molecular weight excluding hydrogens is 210 g/mol. The van der Waals surface area contributed by atoms with E-state index in [0.717, 1.165) is 18.6 Å². The predicted octanol–water partition coefficient (Wildman–Crippen LogP) is 1.63. The highest BCUT2D eigenvalue weighted by Crippen LogP contribution is 2.04. The third-order valence-electron chi connectivity index (χ3n) is 2.35. The molecule has 5 heteroatoms. The van der Waals surface area contributed by atoms with E-state index >= 15 is 0 Å². The van der Waals surface area contributed by atoms with Crippen LogP contribution in [0.25, 0.3) is 0 Å². The van der Waals surface area contributed by atoms with Gasteiger partial charge in [0.25, 0.3) is 0 Å². The van der Waals surface area contributed by atoms with Crippen molar-refractivity contribution >= 4 is 17.6 Å². The zero-order valence-corrected chi connectivity index (χ0v) is 10.7. The maximum absolute atomic E-state index is 8.49. The summed E-state index contributed by atoms with van der Waals surface area (Å²) in [6.45, 7) is 4.27. The lowest BCUT2D eigenvalue weighted by atomic mass is 10.1. The molecule has 0 rings (SSSR count). The summed E-state index contributed by atoms with van der Waals surface area (Å²) in [5.74, 6) is 1.46. The van der Waals surface area contributed by atoms with Crippen molar-refractivity contribution in [3.63, 3.8) is 0 Å². The lowest BCUT2D eigenvalue weighted by Crippen LogP contribution is -2.39. The van der Waals surface area contributed by atoms with Crippen LogP contribution < -0.4 is 11.1 Å². The van der Waals surface area contributed by atoms with Gasteiger partial charge in [0, 0.05) is 18.5 Å². The minimum Gasteiger partial charge on any atom is -0.409 e. The van der Waals surface area contributed by atoms with Crippen LogP contribution in [-0.4, -0.2) is 35.1 Å². The van der Waals surface area contributed by atoms with Gasteiger partial charge < -0.3 is 16.3 Å². The quantitative estimate of drug-likeness (QED) is 0.258. The minimum atomic E-state index is 0.298. The fourth-order valence-electron chi connectivity index (χ4n) is 1.39. The van der Waals surface area contributed by atoms with E-state index in [4.69, 9.17) is 10.9 Å². The van der Waals surface area contributed by atoms with Crippen LogP contribution in [0.5, 0.6) is 0 Å². The van der Waals surface area contributed by atoms with Crippen molar-refractivity contribution in [3.8, 4) is 0 Å². The molecule has 90 valence electrons. The van der Waals surface area contributed by atoms with E-state index in [9.17, 15) is 0 Å². The molecule has 0 spiro atoms. The number of oxime groups is 1. The first kappa shape index (κ1) is 14.6. The Morgan fingerprint density at radius 3 is 2.73 bits per heavy atom. The molecule has 0 aliphatic heterocycles. The van der Waals surface area contributed by atoms with E-state index in [2.05, 4.69) is 30.6 Å². The summed E-state index contributed by atoms with van der Waals surface area (Å²) in [6, 6.07) is 0.784. The first-order valence-electron chi connectivity index (χ1n) is 5.35. The fourth-order valence-corrected chi connectivity index (χ4v) is 1.98. The lowest BCUT2D eigenvalue weighted by molar-refractivity contribution is 0.314. The van der Waals surface area contributed by atoms with Gasteiger partial charge in [0.05, 0.1) is 0 Å². The van der Waals surface area contributed by atoms with Crippen molar-refractivity contribution < 1.29 is 5.21 Å². The van der Waals surface area contributed by atoms with Crippen molar-refractivity contribution in [1.82, 2.24) is 5.32 Å². The van der Waals surface area contributed by atoms with Crippen LogP contribution in [-0.2, 0) is 0 Å². The Morgan fingerprint density at radius 1 is 1.60 bits per heavy atom. The summed E-state index contributed by atoms with van der Waals surface area (Å²) in [6.07, 6.45) is 4.85. The molecule has 0 bridgehead atoms. The molecular formula is C10H23N3OS. The van der Waals surface area contributed by atoms with E-state index in [1.807, 2.05) is 11.8 Å². The van der Waals surface area contributed by atoms with Gasteiger partial charge in [0.15, 0.2) is 0 Å². The van der Waals surface area contributed by atoms with Gasteiger partial charge in [0.1, 0.15) is 5.84 Å². The highest BCUT2D eigenvalue weighted by Gasteiger charge is 2.11. The fraction of sp³-hybridized carbons (Fsp3) is 0.900. The van der Waals surface area contributed by atoms with Crippen LogP contribution in [0.4, 0.5) is 0 Å². The molecule has 0 aromatic rings. The second-order valence-electron chi connectivity index (χ2n) is 3.75. The normalized spacial score (nSPS) is 16.3. The van der Waals surface area contributed by atoms with Gasteiger partial charge >= 0.3 is 0 Å². The van der Waals surface area contributed by atoms with E-state index in [1.165, 1.54) is 0 Å². The van der Waals surface area contributed by atoms with Crippen LogP contribution in [0.3, 0.4) is 0 Å². The smallest absolute Gasteiger partial charge is 0.140 e. The number of rotatable bonds is 8. The minimum absolute atomic E-state index is 0.298. The Morgan fingerprint density at radius 2 is 2.27 bits per heavy atom. The SMILES string of the molecule is CCC(CC(N)=NO)NC(C)CCSC. The number of hydrogen-bond acceptors (Lipinski definition) is 4. The van der Waals surface area contributed by atoms with Gasteiger partial charge in [-0.05, 0) is 31.8 Å². The largest absolute Gasteiger partial charge is 0.409 e. The molecule has 15 heavy (non-hydrogen) atoms. The number of nitrogens with one attached hydrogen (secondary N) is 1. The molecule has 4 N–H and O–H groups in total. The van der Waals surface area contributed by atoms with Crippen LogP contribution in [0.15, 0.2) is 5.16 Å². The third kappa shape index (κ3) is 7.50. The molecule has 0 aromatic heterocycles. The molecule has 0 radical (unpaired) electrons. The summed E-state index contributed by atoms with van der Waals surface area (Å²) < 4.78 is 0. The summed E-state index contributed by atoms with van der Waals surface area (Å²) in [7, 11) is 0. The standard InChI is InChI=1S/C10H23N3OS/c1-4-9(7-10(11)13-14)12-8(2)5-6-15-3/h8-9,12,14H,4-7H2,1-3H3,(H2,11,13). The van der Waals surface area contributed by atoms with Crippen molar-refractivity contribution in [1.29, 1.82) is 0 Å². The topological polar surface area (TPSA) is 70.6 Å². The lowest BCUT2D eigenvalue weighted by Gasteiger charge is -2.21. The molecule has 2 unspecified atom stereocenters. The molecule has 0 aromatic carbocycles. The summed E-state index contributed by atoms with van der Waals surface area (Å²) in [5.41, 5.74) is 5.48. The average molecular weight is 233 g/mol. The molecule has 0 saturated carbocycles. The number of nitrogens with zero attached hydrogens (tertiary/aromatic N) is 1. The second-order valence-corrected chi connectivity index (χ2v) is 4.74. The molecule has 0 heterocycles. The molecule has 0 saturated heterocycles. The molecule has 0 aliphatic rings. The average Bonchev–Trinajstić information content (AvgIpc) is 2.25. The van der Waals surface area contributed by atoms with E-state index in [0.29, 0.717) is 24.3 Å². The highest BCUT2D eigenvalue weighted by atomic mass is 32.2. The molecule has 4 nitrogen and oxygen atoms in total. The number of amidine groups is 1. The van der Waals surface area contributed by atoms with Crippen LogP contribution in [0.2, 0.25) is 0 Å². The molecule has 0 fully saturated rings. The first-order valence-corrected chi connectivity index (χ1v) is 6.74. The number of hydrogen-bond donors (Lipinski definition) is 3. The van der Waals surface area contributed by atoms with Crippen LogP contribution in [0.1, 0.15) is 33.1 Å². The number of thioether (sulfide) groups is 1. The van der Waals surface area contributed by atoms with Crippen molar-refractivity contribution in [2.75, 3.05) is 12.0 Å². The van der Waals surface area contributed by atoms with Crippen LogP contribution in [0, 0.1) is 0 Å². The van der Waals surface area contributed by atoms with Gasteiger partial charge in [-0.2, -0.15) is 11.8 Å². The van der Waals surface area contributed by atoms with Gasteiger partial charge in [-0.25, -0.2) is 0 Å². The van der Waals surface area contributed by atoms with Gasteiger partial charge in [-0.3, -0.25) is 0 Å². The zero-order valence-electron chi connectivity index (χ0n) is 9.86. The predicted molar refractivity (Wildman–Crippen MR) is 67.7 cm³/mol. The zero-order chi connectivity index (χ0) is 11.7. The van der Waals surface area contributed by atoms with Crippen molar-refractivity contribution in [3.05, 3.63) is 0 Å². The summed E-state index contributed by atoms with van der Waals surface area (Å²) in [5, 5.41) is 15.0. The van der Waals surface area contributed by atoms with Crippen molar-refractivity contribution in [2.24, 2.45) is 10.9 Å². The van der Waals surface area contributed by atoms with Crippen molar-refractivity contribution in [2.45, 2.75) is 45.2 Å². The Labute approximate surface area is 96.7 Å². The molecule has 2 atom stereocenters. The van der Waals surface area contributed by atoms with Gasteiger partial charge in [-0.15, -0.1) is 0 Å². The van der Waals surface area contributed by atoms with E-state index < -0.39 is 0 Å². The maximum atomic E-state index is 8.49. The maximum Gasteiger partial charge on any atom is 0.140 e. The summed E-state index contributed by atoms with van der Waals surface area (Å²) >= 11 is 1.85. The Hall–Kier alpha value is -0.420. The van der Waals surface area contributed by atoms with Crippen LogP contribution >= 0.6 is 11.8 Å². The third-order valence-corrected chi connectivity index (χ3v) is 3.00.